The summed E-state index contributed by atoms with van der Waals surface area (Å²) >= 11 is 8.69. The summed E-state index contributed by atoms with van der Waals surface area (Å²) in [5, 5.41) is 0.287. The van der Waals surface area contributed by atoms with Crippen molar-refractivity contribution in [2.24, 2.45) is 5.84 Å². The van der Waals surface area contributed by atoms with Crippen LogP contribution in [0.3, 0.4) is 0 Å². The summed E-state index contributed by atoms with van der Waals surface area (Å²) in [6.45, 7) is 0. The second-order valence-corrected chi connectivity index (χ2v) is 5.01. The van der Waals surface area contributed by atoms with Crippen LogP contribution in [0.25, 0.3) is 0 Å². The smallest absolute Gasteiger partial charge is 0.145 e. The summed E-state index contributed by atoms with van der Waals surface area (Å²) in [5.41, 5.74) is 2.70. The number of hydrogen-bond acceptors (Lipinski definition) is 3. The zero-order valence-corrected chi connectivity index (χ0v) is 11.8. The molecule has 3 N–H and O–H groups in total. The van der Waals surface area contributed by atoms with E-state index in [4.69, 9.17) is 17.4 Å². The molecule has 1 heterocycles. The van der Waals surface area contributed by atoms with Crippen molar-refractivity contribution in [2.75, 3.05) is 0 Å². The Morgan fingerprint density at radius 1 is 1.26 bits per heavy atom. The highest BCUT2D eigenvalue weighted by Gasteiger charge is 2.23. The first-order valence-corrected chi connectivity index (χ1v) is 6.42. The highest BCUT2D eigenvalue weighted by atomic mass is 79.9. The van der Waals surface area contributed by atoms with Crippen molar-refractivity contribution in [3.63, 3.8) is 0 Å². The molecule has 0 bridgehead atoms. The Labute approximate surface area is 121 Å². The number of aromatic nitrogens is 1. The molecule has 1 atom stereocenters. The van der Waals surface area contributed by atoms with Crippen molar-refractivity contribution >= 4 is 27.5 Å². The number of nitrogens with zero attached hydrogens (tertiary/aromatic N) is 1. The molecule has 2 aromatic rings. The first-order chi connectivity index (χ1) is 9.04. The van der Waals surface area contributed by atoms with Gasteiger partial charge in [0.15, 0.2) is 0 Å². The van der Waals surface area contributed by atoms with E-state index in [0.29, 0.717) is 5.56 Å². The minimum Gasteiger partial charge on any atom is -0.271 e. The zero-order chi connectivity index (χ0) is 14.0. The molecule has 1 aromatic heterocycles. The monoisotopic (exact) mass is 347 g/mol. The molecule has 7 heteroatoms. The van der Waals surface area contributed by atoms with Crippen LogP contribution in [0.5, 0.6) is 0 Å². The van der Waals surface area contributed by atoms with E-state index in [9.17, 15) is 8.78 Å². The van der Waals surface area contributed by atoms with Crippen molar-refractivity contribution in [1.29, 1.82) is 0 Å². The van der Waals surface area contributed by atoms with Gasteiger partial charge in [0.05, 0.1) is 10.5 Å². The predicted octanol–water partition coefficient (Wildman–Crippen LogP) is 3.33. The topological polar surface area (TPSA) is 50.9 Å². The maximum atomic E-state index is 14.0. The minimum atomic E-state index is -0.859. The summed E-state index contributed by atoms with van der Waals surface area (Å²) in [6, 6.07) is 4.72. The summed E-state index contributed by atoms with van der Waals surface area (Å²) < 4.78 is 28.0. The van der Waals surface area contributed by atoms with E-state index in [1.807, 2.05) is 0 Å². The number of nitrogens with two attached hydrogens (primary N) is 1. The molecule has 0 spiro atoms. The number of rotatable bonds is 3. The first-order valence-electron chi connectivity index (χ1n) is 5.25. The largest absolute Gasteiger partial charge is 0.271 e. The van der Waals surface area contributed by atoms with Gasteiger partial charge in [-0.1, -0.05) is 17.7 Å². The van der Waals surface area contributed by atoms with Crippen molar-refractivity contribution < 1.29 is 8.78 Å². The van der Waals surface area contributed by atoms with E-state index in [1.165, 1.54) is 18.3 Å². The second kappa shape index (κ2) is 5.92. The fourth-order valence-corrected chi connectivity index (χ4v) is 2.17. The van der Waals surface area contributed by atoms with Crippen LogP contribution in [-0.2, 0) is 0 Å². The Bertz CT molecular complexity index is 592. The van der Waals surface area contributed by atoms with Crippen LogP contribution in [-0.4, -0.2) is 4.98 Å². The average molecular weight is 349 g/mol. The lowest BCUT2D eigenvalue weighted by atomic mass is 10.00. The van der Waals surface area contributed by atoms with Crippen LogP contribution in [0.2, 0.25) is 5.15 Å². The van der Waals surface area contributed by atoms with Gasteiger partial charge in [-0.05, 0) is 39.7 Å². The Kier molecular flexibility index (Phi) is 4.46. The van der Waals surface area contributed by atoms with Crippen molar-refractivity contribution in [3.05, 3.63) is 62.8 Å². The third-order valence-electron chi connectivity index (χ3n) is 2.62. The standard InChI is InChI=1S/C12H9BrClF2N3/c13-7-2-3-8(15)10(11(7)16)12(19-17)6-1-4-9(14)18-5-6/h1-5,12,19H,17H2. The molecule has 19 heavy (non-hydrogen) atoms. The molecule has 3 nitrogen and oxygen atoms in total. The van der Waals surface area contributed by atoms with Crippen LogP contribution < -0.4 is 11.3 Å². The molecular formula is C12H9BrClF2N3. The summed E-state index contributed by atoms with van der Waals surface area (Å²) in [6.07, 6.45) is 1.41. The number of nitrogens with one attached hydrogen (secondary N) is 1. The zero-order valence-electron chi connectivity index (χ0n) is 9.50. The predicted molar refractivity (Wildman–Crippen MR) is 72.5 cm³/mol. The number of hydrazine groups is 1. The Hall–Kier alpha value is -1.08. The van der Waals surface area contributed by atoms with Gasteiger partial charge in [-0.3, -0.25) is 5.84 Å². The minimum absolute atomic E-state index is 0.158. The number of pyridine rings is 1. The van der Waals surface area contributed by atoms with Crippen LogP contribution in [0.1, 0.15) is 17.2 Å². The maximum absolute atomic E-state index is 14.0. The van der Waals surface area contributed by atoms with E-state index >= 15 is 0 Å². The van der Waals surface area contributed by atoms with Crippen LogP contribution in [0.4, 0.5) is 8.78 Å². The highest BCUT2D eigenvalue weighted by molar-refractivity contribution is 9.10. The van der Waals surface area contributed by atoms with Gasteiger partial charge in [0, 0.05) is 11.8 Å². The van der Waals surface area contributed by atoms with Gasteiger partial charge in [-0.25, -0.2) is 19.2 Å². The van der Waals surface area contributed by atoms with Crippen LogP contribution in [0, 0.1) is 11.6 Å². The molecular weight excluding hydrogens is 340 g/mol. The summed E-state index contributed by atoms with van der Waals surface area (Å²) in [7, 11) is 0. The summed E-state index contributed by atoms with van der Waals surface area (Å²) in [4.78, 5) is 3.87. The number of halogens is 4. The quantitative estimate of drug-likeness (QED) is 0.387. The molecule has 0 fully saturated rings. The highest BCUT2D eigenvalue weighted by Crippen LogP contribution is 2.30. The van der Waals surface area contributed by atoms with Gasteiger partial charge in [0.25, 0.3) is 0 Å². The molecule has 0 aliphatic heterocycles. The van der Waals surface area contributed by atoms with Gasteiger partial charge < -0.3 is 0 Å². The number of benzene rings is 1. The van der Waals surface area contributed by atoms with Crippen molar-refractivity contribution in [3.8, 4) is 0 Å². The molecule has 0 aliphatic rings. The van der Waals surface area contributed by atoms with E-state index in [1.54, 1.807) is 6.07 Å². The fourth-order valence-electron chi connectivity index (χ4n) is 1.71. The van der Waals surface area contributed by atoms with E-state index in [-0.39, 0.29) is 15.2 Å². The van der Waals surface area contributed by atoms with Crippen molar-refractivity contribution in [2.45, 2.75) is 6.04 Å². The third-order valence-corrected chi connectivity index (χ3v) is 3.45. The van der Waals surface area contributed by atoms with E-state index in [2.05, 4.69) is 26.3 Å². The van der Waals surface area contributed by atoms with Gasteiger partial charge >= 0.3 is 0 Å². The Balaban J connectivity index is 2.54. The van der Waals surface area contributed by atoms with Gasteiger partial charge in [-0.2, -0.15) is 0 Å². The molecule has 100 valence electrons. The lowest BCUT2D eigenvalue weighted by molar-refractivity contribution is 0.507. The molecule has 0 radical (unpaired) electrons. The lowest BCUT2D eigenvalue weighted by Gasteiger charge is -2.18. The Morgan fingerprint density at radius 3 is 2.58 bits per heavy atom. The number of hydrogen-bond donors (Lipinski definition) is 2. The fraction of sp³-hybridized carbons (Fsp3) is 0.0833. The van der Waals surface area contributed by atoms with Crippen LogP contribution in [0.15, 0.2) is 34.9 Å². The lowest BCUT2D eigenvalue weighted by Crippen LogP contribution is -2.30. The van der Waals surface area contributed by atoms with Gasteiger partial charge in [0.1, 0.15) is 16.8 Å². The molecule has 0 saturated heterocycles. The maximum Gasteiger partial charge on any atom is 0.145 e. The molecule has 0 amide bonds. The third kappa shape index (κ3) is 2.92. The molecule has 0 saturated carbocycles. The molecule has 1 unspecified atom stereocenters. The SMILES string of the molecule is NNC(c1ccc(Cl)nc1)c1c(F)ccc(Br)c1F. The normalized spacial score (nSPS) is 12.5. The van der Waals surface area contributed by atoms with Crippen molar-refractivity contribution in [1.82, 2.24) is 10.4 Å². The molecule has 0 aliphatic carbocycles. The Morgan fingerprint density at radius 2 is 2.00 bits per heavy atom. The van der Waals surface area contributed by atoms with Crippen LogP contribution >= 0.6 is 27.5 Å². The first kappa shape index (κ1) is 14.3. The second-order valence-electron chi connectivity index (χ2n) is 3.77. The molecule has 2 rings (SSSR count). The molecule has 1 aromatic carbocycles. The van der Waals surface area contributed by atoms with E-state index in [0.717, 1.165) is 6.07 Å². The average Bonchev–Trinajstić information content (AvgIpc) is 2.40. The summed E-state index contributed by atoms with van der Waals surface area (Å²) in [5.74, 6) is 4.00. The van der Waals surface area contributed by atoms with Gasteiger partial charge in [-0.15, -0.1) is 0 Å². The van der Waals surface area contributed by atoms with Gasteiger partial charge in [0.2, 0.25) is 0 Å². The van der Waals surface area contributed by atoms with E-state index < -0.39 is 17.7 Å².